The fraction of sp³-hybridized carbons (Fsp3) is 0.500. The second-order valence-corrected chi connectivity index (χ2v) is 7.57. The van der Waals surface area contributed by atoms with E-state index in [4.69, 9.17) is 0 Å². The first kappa shape index (κ1) is 15.0. The van der Waals surface area contributed by atoms with Crippen molar-refractivity contribution >= 4 is 11.3 Å². The van der Waals surface area contributed by atoms with E-state index < -0.39 is 0 Å². The van der Waals surface area contributed by atoms with E-state index in [1.807, 2.05) is 26.8 Å². The summed E-state index contributed by atoms with van der Waals surface area (Å²) in [4.78, 5) is 22.0. The third kappa shape index (κ3) is 2.85. The van der Waals surface area contributed by atoms with Gasteiger partial charge < -0.3 is 4.98 Å². The first-order valence-electron chi connectivity index (χ1n) is 6.91. The van der Waals surface area contributed by atoms with Crippen molar-refractivity contribution in [2.45, 2.75) is 52.9 Å². The van der Waals surface area contributed by atoms with Crippen LogP contribution in [0.5, 0.6) is 0 Å². The van der Waals surface area contributed by atoms with E-state index in [2.05, 4.69) is 36.8 Å². The normalized spacial score (nSPS) is 12.2. The Labute approximate surface area is 124 Å². The van der Waals surface area contributed by atoms with Gasteiger partial charge in [-0.05, 0) is 30.4 Å². The van der Waals surface area contributed by atoms with E-state index >= 15 is 0 Å². The van der Waals surface area contributed by atoms with Gasteiger partial charge in [0.25, 0.3) is 5.56 Å². The number of nitrogens with zero attached hydrogens (tertiary/aromatic N) is 1. The lowest BCUT2D eigenvalue weighted by molar-refractivity contribution is 0.604. The molecular weight excluding hydrogens is 268 g/mol. The molecule has 4 heteroatoms. The summed E-state index contributed by atoms with van der Waals surface area (Å²) >= 11 is 1.69. The third-order valence-corrected chi connectivity index (χ3v) is 4.82. The fourth-order valence-corrected chi connectivity index (χ4v) is 3.27. The highest BCUT2D eigenvalue weighted by atomic mass is 32.1. The summed E-state index contributed by atoms with van der Waals surface area (Å²) in [7, 11) is 0. The van der Waals surface area contributed by atoms with E-state index in [1.165, 1.54) is 4.88 Å². The van der Waals surface area contributed by atoms with Gasteiger partial charge in [-0.2, -0.15) is 0 Å². The van der Waals surface area contributed by atoms with Crippen LogP contribution in [0.15, 0.2) is 16.9 Å². The molecule has 0 aliphatic carbocycles. The number of rotatable bonds is 2. The summed E-state index contributed by atoms with van der Waals surface area (Å²) in [5.41, 5.74) is 1.70. The zero-order valence-corrected chi connectivity index (χ0v) is 13.8. The maximum Gasteiger partial charge on any atom is 0.254 e. The molecule has 0 radical (unpaired) electrons. The molecular formula is C16H22N2OS. The van der Waals surface area contributed by atoms with E-state index in [1.54, 1.807) is 11.3 Å². The highest BCUT2D eigenvalue weighted by Gasteiger charge is 2.18. The average Bonchev–Trinajstić information content (AvgIpc) is 2.75. The molecule has 0 aliphatic heterocycles. The number of thiophene rings is 1. The molecule has 108 valence electrons. The number of H-pyrrole nitrogens is 1. The Bertz CT molecular complexity index is 675. The second-order valence-electron chi connectivity index (χ2n) is 6.48. The Kier molecular flexibility index (Phi) is 3.87. The molecule has 0 atom stereocenters. The van der Waals surface area contributed by atoms with Crippen LogP contribution in [0.2, 0.25) is 0 Å². The first-order chi connectivity index (χ1) is 9.20. The minimum Gasteiger partial charge on any atom is -0.306 e. The van der Waals surface area contributed by atoms with E-state index in [-0.39, 0.29) is 16.9 Å². The third-order valence-electron chi connectivity index (χ3n) is 3.30. The van der Waals surface area contributed by atoms with Gasteiger partial charge in [0.15, 0.2) is 5.82 Å². The number of aromatic nitrogens is 2. The smallest absolute Gasteiger partial charge is 0.254 e. The molecule has 2 heterocycles. The monoisotopic (exact) mass is 290 g/mol. The van der Waals surface area contributed by atoms with Crippen molar-refractivity contribution in [3.63, 3.8) is 0 Å². The summed E-state index contributed by atoms with van der Waals surface area (Å²) < 4.78 is 0. The van der Waals surface area contributed by atoms with Gasteiger partial charge in [-0.1, -0.05) is 34.6 Å². The molecule has 0 fully saturated rings. The predicted molar refractivity (Wildman–Crippen MR) is 85.7 cm³/mol. The molecule has 0 saturated carbocycles. The highest BCUT2D eigenvalue weighted by molar-refractivity contribution is 7.15. The van der Waals surface area contributed by atoms with Gasteiger partial charge in [0.05, 0.1) is 4.88 Å². The van der Waals surface area contributed by atoms with Crippen molar-refractivity contribution in [3.05, 3.63) is 38.6 Å². The van der Waals surface area contributed by atoms with Crippen LogP contribution in [-0.4, -0.2) is 9.97 Å². The van der Waals surface area contributed by atoms with Crippen LogP contribution in [0.1, 0.15) is 56.7 Å². The van der Waals surface area contributed by atoms with Crippen LogP contribution < -0.4 is 5.56 Å². The highest BCUT2D eigenvalue weighted by Crippen LogP contribution is 2.33. The summed E-state index contributed by atoms with van der Waals surface area (Å²) in [5, 5.41) is 0. The minimum atomic E-state index is -0.0202. The van der Waals surface area contributed by atoms with E-state index in [9.17, 15) is 4.79 Å². The van der Waals surface area contributed by atoms with Crippen LogP contribution in [0.25, 0.3) is 10.7 Å². The van der Waals surface area contributed by atoms with Crippen molar-refractivity contribution in [1.29, 1.82) is 0 Å². The standard InChI is InChI=1S/C16H22N2OS/c1-9(2)13-10(3)17-14(18-15(13)19)11-7-8-12(20-11)16(4,5)6/h7-9H,1-6H3,(H,17,18,19). The lowest BCUT2D eigenvalue weighted by Gasteiger charge is -2.15. The van der Waals surface area contributed by atoms with Gasteiger partial charge in [-0.15, -0.1) is 11.3 Å². The molecule has 3 nitrogen and oxygen atoms in total. The topological polar surface area (TPSA) is 45.8 Å². The van der Waals surface area contributed by atoms with Crippen molar-refractivity contribution in [2.75, 3.05) is 0 Å². The summed E-state index contributed by atoms with van der Waals surface area (Å²) in [6.07, 6.45) is 0. The van der Waals surface area contributed by atoms with Gasteiger partial charge in [-0.25, -0.2) is 4.98 Å². The largest absolute Gasteiger partial charge is 0.306 e. The van der Waals surface area contributed by atoms with Gasteiger partial charge >= 0.3 is 0 Å². The molecule has 0 unspecified atom stereocenters. The molecule has 0 aromatic carbocycles. The van der Waals surface area contributed by atoms with Gasteiger partial charge in [0.1, 0.15) is 0 Å². The molecule has 0 spiro atoms. The summed E-state index contributed by atoms with van der Waals surface area (Å²) in [5.74, 6) is 0.867. The molecule has 20 heavy (non-hydrogen) atoms. The maximum absolute atomic E-state index is 12.2. The van der Waals surface area contributed by atoms with Crippen molar-refractivity contribution in [2.24, 2.45) is 0 Å². The summed E-state index contributed by atoms with van der Waals surface area (Å²) in [6.45, 7) is 12.5. The van der Waals surface area contributed by atoms with Crippen LogP contribution in [-0.2, 0) is 5.41 Å². The number of aromatic amines is 1. The average molecular weight is 290 g/mol. The summed E-state index contributed by atoms with van der Waals surface area (Å²) in [6, 6.07) is 4.16. The number of hydrogen-bond acceptors (Lipinski definition) is 3. The Morgan fingerprint density at radius 2 is 1.90 bits per heavy atom. The molecule has 2 rings (SSSR count). The Hall–Kier alpha value is -1.42. The second kappa shape index (κ2) is 5.17. The molecule has 0 amide bonds. The van der Waals surface area contributed by atoms with Crippen LogP contribution >= 0.6 is 11.3 Å². The van der Waals surface area contributed by atoms with Gasteiger partial charge in [0, 0.05) is 16.1 Å². The van der Waals surface area contributed by atoms with Gasteiger partial charge in [-0.3, -0.25) is 4.79 Å². The quantitative estimate of drug-likeness (QED) is 0.899. The Balaban J connectivity index is 2.50. The maximum atomic E-state index is 12.2. The molecule has 0 saturated heterocycles. The first-order valence-corrected chi connectivity index (χ1v) is 7.73. The minimum absolute atomic E-state index is 0.0202. The Morgan fingerprint density at radius 1 is 1.25 bits per heavy atom. The van der Waals surface area contributed by atoms with Crippen molar-refractivity contribution < 1.29 is 0 Å². The zero-order chi connectivity index (χ0) is 15.1. The number of hydrogen-bond donors (Lipinski definition) is 1. The molecule has 0 bridgehead atoms. The lowest BCUT2D eigenvalue weighted by atomic mass is 9.95. The van der Waals surface area contributed by atoms with Crippen molar-refractivity contribution in [3.8, 4) is 10.7 Å². The molecule has 1 N–H and O–H groups in total. The number of aryl methyl sites for hydroxylation is 1. The fourth-order valence-electron chi connectivity index (χ4n) is 2.26. The van der Waals surface area contributed by atoms with Crippen molar-refractivity contribution in [1.82, 2.24) is 9.97 Å². The molecule has 0 aliphatic rings. The predicted octanol–water partition coefficient (Wildman–Crippen LogP) is 4.23. The SMILES string of the molecule is Cc1nc(-c2ccc(C(C)(C)C)s2)[nH]c(=O)c1C(C)C. The molecule has 2 aromatic rings. The van der Waals surface area contributed by atoms with E-state index in [0.29, 0.717) is 5.82 Å². The zero-order valence-electron chi connectivity index (χ0n) is 13.0. The molecule has 2 aromatic heterocycles. The van der Waals surface area contributed by atoms with Crippen LogP contribution in [0.3, 0.4) is 0 Å². The Morgan fingerprint density at radius 3 is 2.35 bits per heavy atom. The van der Waals surface area contributed by atoms with E-state index in [0.717, 1.165) is 16.1 Å². The number of nitrogens with one attached hydrogen (secondary N) is 1. The lowest BCUT2D eigenvalue weighted by Crippen LogP contribution is -2.18. The van der Waals surface area contributed by atoms with Crippen LogP contribution in [0.4, 0.5) is 0 Å². The van der Waals surface area contributed by atoms with Crippen LogP contribution in [0, 0.1) is 6.92 Å². The van der Waals surface area contributed by atoms with Gasteiger partial charge in [0.2, 0.25) is 0 Å².